The second-order valence-electron chi connectivity index (χ2n) is 7.87. The third kappa shape index (κ3) is 7.14. The van der Waals surface area contributed by atoms with E-state index in [1.54, 1.807) is 11.8 Å². The zero-order chi connectivity index (χ0) is 25.4. The van der Waals surface area contributed by atoms with Crippen molar-refractivity contribution >= 4 is 33.7 Å². The molecule has 1 aromatic heterocycles. The number of benzene rings is 2. The second-order valence-corrected chi connectivity index (χ2v) is 11.5. The SMILES string of the molecule is C=CCN(CC=C)S(=O)(=O)c1ccc(C(=O)Nc2nnc(Cc3ccc(SC(C)C)cc3)o2)cc1. The topological polar surface area (TPSA) is 105 Å². The lowest BCUT2D eigenvalue weighted by molar-refractivity contribution is 0.102. The van der Waals surface area contributed by atoms with Gasteiger partial charge in [-0.2, -0.15) is 4.31 Å². The van der Waals surface area contributed by atoms with Gasteiger partial charge in [0.05, 0.1) is 11.3 Å². The number of carbonyl (C=O) groups excluding carboxylic acids is 1. The van der Waals surface area contributed by atoms with Gasteiger partial charge in [-0.1, -0.05) is 43.2 Å². The molecule has 0 spiro atoms. The molecule has 1 amide bonds. The highest BCUT2D eigenvalue weighted by Crippen LogP contribution is 2.24. The number of rotatable bonds is 12. The fourth-order valence-corrected chi connectivity index (χ4v) is 5.38. The fraction of sp³-hybridized carbons (Fsp3) is 0.240. The van der Waals surface area contributed by atoms with Gasteiger partial charge in [0, 0.05) is 28.8 Å². The highest BCUT2D eigenvalue weighted by atomic mass is 32.2. The first-order valence-corrected chi connectivity index (χ1v) is 13.3. The van der Waals surface area contributed by atoms with Crippen LogP contribution < -0.4 is 5.32 Å². The number of carbonyl (C=O) groups is 1. The first-order valence-electron chi connectivity index (χ1n) is 10.9. The van der Waals surface area contributed by atoms with Crippen molar-refractivity contribution in [2.45, 2.75) is 35.3 Å². The lowest BCUT2D eigenvalue weighted by Crippen LogP contribution is -2.31. The summed E-state index contributed by atoms with van der Waals surface area (Å²) >= 11 is 1.79. The van der Waals surface area contributed by atoms with Crippen molar-refractivity contribution in [3.8, 4) is 0 Å². The van der Waals surface area contributed by atoms with E-state index in [4.69, 9.17) is 4.42 Å². The molecule has 0 aliphatic heterocycles. The molecule has 0 fully saturated rings. The molecular weight excluding hydrogens is 484 g/mol. The smallest absolute Gasteiger partial charge is 0.322 e. The average molecular weight is 513 g/mol. The highest BCUT2D eigenvalue weighted by Gasteiger charge is 2.23. The summed E-state index contributed by atoms with van der Waals surface area (Å²) in [6.45, 7) is 11.8. The Labute approximate surface area is 210 Å². The van der Waals surface area contributed by atoms with Gasteiger partial charge in [-0.3, -0.25) is 10.1 Å². The predicted octanol–water partition coefficient (Wildman–Crippen LogP) is 4.78. The molecule has 0 aliphatic carbocycles. The number of anilines is 1. The minimum Gasteiger partial charge on any atom is -0.407 e. The Kier molecular flexibility index (Phi) is 9.02. The molecule has 0 saturated carbocycles. The average Bonchev–Trinajstić information content (AvgIpc) is 3.26. The Hall–Kier alpha value is -3.21. The van der Waals surface area contributed by atoms with E-state index < -0.39 is 15.9 Å². The van der Waals surface area contributed by atoms with Gasteiger partial charge in [0.2, 0.25) is 15.9 Å². The standard InChI is InChI=1S/C25H28N4O4S2/c1-5-15-29(16-6-2)35(31,32)22-13-9-20(10-14-22)24(30)26-25-28-27-23(33-25)17-19-7-11-21(12-8-19)34-18(3)4/h5-14,18H,1-2,15-17H2,3-4H3,(H,26,28,30). The summed E-state index contributed by atoms with van der Waals surface area (Å²) < 4.78 is 32.4. The van der Waals surface area contributed by atoms with Gasteiger partial charge < -0.3 is 4.42 Å². The van der Waals surface area contributed by atoms with Crippen LogP contribution in [0, 0.1) is 0 Å². The molecule has 8 nitrogen and oxygen atoms in total. The lowest BCUT2D eigenvalue weighted by Gasteiger charge is -2.19. The van der Waals surface area contributed by atoms with Gasteiger partial charge in [-0.05, 0) is 42.0 Å². The molecule has 2 aromatic carbocycles. The maximum atomic E-state index is 12.8. The van der Waals surface area contributed by atoms with E-state index in [0.29, 0.717) is 17.6 Å². The minimum absolute atomic E-state index is 0.0307. The molecule has 0 saturated heterocycles. The molecule has 1 heterocycles. The molecule has 0 unspecified atom stereocenters. The zero-order valence-electron chi connectivity index (χ0n) is 19.7. The Morgan fingerprint density at radius 2 is 1.69 bits per heavy atom. The van der Waals surface area contributed by atoms with Crippen LogP contribution in [0.15, 0.2) is 88.0 Å². The van der Waals surface area contributed by atoms with Crippen molar-refractivity contribution in [1.29, 1.82) is 0 Å². The number of hydrogen-bond donors (Lipinski definition) is 1. The maximum Gasteiger partial charge on any atom is 0.322 e. The van der Waals surface area contributed by atoms with Crippen LogP contribution in [-0.4, -0.2) is 47.2 Å². The van der Waals surface area contributed by atoms with Crippen molar-refractivity contribution in [2.24, 2.45) is 0 Å². The normalized spacial score (nSPS) is 11.5. The molecule has 0 aliphatic rings. The van der Waals surface area contributed by atoms with Gasteiger partial charge in [0.25, 0.3) is 5.91 Å². The van der Waals surface area contributed by atoms with E-state index >= 15 is 0 Å². The van der Waals surface area contributed by atoms with Crippen LogP contribution in [0.5, 0.6) is 0 Å². The lowest BCUT2D eigenvalue weighted by atomic mass is 10.1. The van der Waals surface area contributed by atoms with Gasteiger partial charge in [-0.15, -0.1) is 30.0 Å². The summed E-state index contributed by atoms with van der Waals surface area (Å²) in [4.78, 5) is 13.8. The Morgan fingerprint density at radius 3 is 2.26 bits per heavy atom. The van der Waals surface area contributed by atoms with E-state index in [2.05, 4.69) is 54.7 Å². The highest BCUT2D eigenvalue weighted by molar-refractivity contribution is 7.99. The molecule has 3 aromatic rings. The molecule has 3 rings (SSSR count). The summed E-state index contributed by atoms with van der Waals surface area (Å²) in [5, 5.41) is 10.9. The van der Waals surface area contributed by atoms with E-state index in [0.717, 1.165) is 5.56 Å². The maximum absolute atomic E-state index is 12.8. The van der Waals surface area contributed by atoms with Crippen LogP contribution in [0.2, 0.25) is 0 Å². The molecule has 35 heavy (non-hydrogen) atoms. The largest absolute Gasteiger partial charge is 0.407 e. The Bertz CT molecular complexity index is 1260. The van der Waals surface area contributed by atoms with Crippen LogP contribution in [0.4, 0.5) is 6.01 Å². The summed E-state index contributed by atoms with van der Waals surface area (Å²) in [5.41, 5.74) is 1.26. The second kappa shape index (κ2) is 12.0. The molecule has 0 bridgehead atoms. The Balaban J connectivity index is 1.63. The number of thioether (sulfide) groups is 1. The summed E-state index contributed by atoms with van der Waals surface area (Å²) in [5.74, 6) is -0.121. The minimum atomic E-state index is -3.75. The first-order chi connectivity index (χ1) is 16.7. The van der Waals surface area contributed by atoms with E-state index in [-0.39, 0.29) is 29.6 Å². The van der Waals surface area contributed by atoms with Crippen LogP contribution in [0.1, 0.15) is 35.7 Å². The van der Waals surface area contributed by atoms with Crippen molar-refractivity contribution in [1.82, 2.24) is 14.5 Å². The van der Waals surface area contributed by atoms with E-state index in [9.17, 15) is 13.2 Å². The van der Waals surface area contributed by atoms with Crippen LogP contribution >= 0.6 is 11.8 Å². The number of nitrogens with zero attached hydrogens (tertiary/aromatic N) is 3. The van der Waals surface area contributed by atoms with Crippen LogP contribution in [0.25, 0.3) is 0 Å². The Morgan fingerprint density at radius 1 is 1.06 bits per heavy atom. The molecule has 10 heteroatoms. The predicted molar refractivity (Wildman–Crippen MR) is 138 cm³/mol. The quantitative estimate of drug-likeness (QED) is 0.275. The van der Waals surface area contributed by atoms with Crippen molar-refractivity contribution in [2.75, 3.05) is 18.4 Å². The van der Waals surface area contributed by atoms with E-state index in [1.807, 2.05) is 12.1 Å². The fourth-order valence-electron chi connectivity index (χ4n) is 3.16. The van der Waals surface area contributed by atoms with Crippen LogP contribution in [0.3, 0.4) is 0 Å². The first kappa shape index (κ1) is 26.4. The summed E-state index contributed by atoms with van der Waals surface area (Å²) in [6.07, 6.45) is 3.44. The van der Waals surface area contributed by atoms with Gasteiger partial charge in [0.1, 0.15) is 0 Å². The number of aromatic nitrogens is 2. The summed E-state index contributed by atoms with van der Waals surface area (Å²) in [7, 11) is -3.75. The van der Waals surface area contributed by atoms with Gasteiger partial charge >= 0.3 is 6.01 Å². The van der Waals surface area contributed by atoms with Crippen molar-refractivity contribution in [3.63, 3.8) is 0 Å². The number of amides is 1. The molecule has 0 atom stereocenters. The zero-order valence-corrected chi connectivity index (χ0v) is 21.3. The van der Waals surface area contributed by atoms with Crippen molar-refractivity contribution in [3.05, 3.63) is 90.9 Å². The molecule has 1 N–H and O–H groups in total. The monoisotopic (exact) mass is 512 g/mol. The third-order valence-electron chi connectivity index (χ3n) is 4.76. The molecular formula is C25H28N4O4S2. The van der Waals surface area contributed by atoms with Gasteiger partial charge in [-0.25, -0.2) is 8.42 Å². The van der Waals surface area contributed by atoms with Crippen LogP contribution in [-0.2, 0) is 16.4 Å². The number of sulfonamides is 1. The molecule has 184 valence electrons. The molecule has 0 radical (unpaired) electrons. The van der Waals surface area contributed by atoms with E-state index in [1.165, 1.54) is 45.6 Å². The third-order valence-corrected chi connectivity index (χ3v) is 7.62. The summed E-state index contributed by atoms with van der Waals surface area (Å²) in [6, 6.07) is 13.7. The number of hydrogen-bond acceptors (Lipinski definition) is 7. The number of nitrogens with one attached hydrogen (secondary N) is 1. The van der Waals surface area contributed by atoms with Crippen molar-refractivity contribution < 1.29 is 17.6 Å². The van der Waals surface area contributed by atoms with Gasteiger partial charge in [0.15, 0.2) is 0 Å².